The van der Waals surface area contributed by atoms with Crippen molar-refractivity contribution in [1.29, 1.82) is 0 Å². The van der Waals surface area contributed by atoms with E-state index in [9.17, 15) is 4.79 Å². The van der Waals surface area contributed by atoms with Crippen molar-refractivity contribution in [3.63, 3.8) is 0 Å². The average Bonchev–Trinajstić information content (AvgIpc) is 3.15. The maximum atomic E-state index is 11.4. The van der Waals surface area contributed by atoms with Crippen LogP contribution in [0.3, 0.4) is 0 Å². The van der Waals surface area contributed by atoms with E-state index in [2.05, 4.69) is 38.5 Å². The Bertz CT molecular complexity index is 700. The summed E-state index contributed by atoms with van der Waals surface area (Å²) in [7, 11) is 1.77. The van der Waals surface area contributed by atoms with Crippen molar-refractivity contribution >= 4 is 41.7 Å². The lowest BCUT2D eigenvalue weighted by Gasteiger charge is -2.32. The molecule has 1 aromatic rings. The second-order valence-corrected chi connectivity index (χ2v) is 7.83. The fourth-order valence-electron chi connectivity index (χ4n) is 3.88. The molecule has 3 heterocycles. The summed E-state index contributed by atoms with van der Waals surface area (Å²) < 4.78 is 5.83. The molecular weight excluding hydrogens is 483 g/mol. The van der Waals surface area contributed by atoms with E-state index in [-0.39, 0.29) is 41.4 Å². The molecule has 0 radical (unpaired) electrons. The first-order valence-corrected chi connectivity index (χ1v) is 10.1. The standard InChI is InChI=1S/C20H32N6O2.HI/c1-20(8-4-12-28-20)14-25-19(22-2)24-13-16-5-3-9-23-18(16)26-10-6-15(7-11-26)17(21)27;/h3,5,9,15H,4,6-8,10-14H2,1-2H3,(H2,21,27)(H2,22,24,25);1H. The van der Waals surface area contributed by atoms with Crippen LogP contribution in [0, 0.1) is 5.92 Å². The van der Waals surface area contributed by atoms with Gasteiger partial charge in [0.15, 0.2) is 5.96 Å². The number of halogens is 1. The molecule has 0 saturated carbocycles. The van der Waals surface area contributed by atoms with Gasteiger partial charge < -0.3 is 26.0 Å². The van der Waals surface area contributed by atoms with Gasteiger partial charge in [0.25, 0.3) is 0 Å². The molecule has 3 rings (SSSR count). The number of hydrogen-bond acceptors (Lipinski definition) is 5. The van der Waals surface area contributed by atoms with Gasteiger partial charge in [-0.1, -0.05) is 6.07 Å². The van der Waals surface area contributed by atoms with Gasteiger partial charge in [0.2, 0.25) is 5.91 Å². The predicted molar refractivity (Wildman–Crippen MR) is 126 cm³/mol. The van der Waals surface area contributed by atoms with Crippen LogP contribution in [0.15, 0.2) is 23.3 Å². The number of nitrogens with zero attached hydrogens (tertiary/aromatic N) is 3. The highest BCUT2D eigenvalue weighted by atomic mass is 127. The number of hydrogen-bond donors (Lipinski definition) is 3. The first kappa shape index (κ1) is 23.7. The number of anilines is 1. The van der Waals surface area contributed by atoms with E-state index in [0.29, 0.717) is 6.54 Å². The summed E-state index contributed by atoms with van der Waals surface area (Å²) in [4.78, 5) is 22.5. The van der Waals surface area contributed by atoms with Crippen molar-refractivity contribution in [2.75, 3.05) is 38.2 Å². The molecule has 0 aromatic carbocycles. The molecule has 0 aliphatic carbocycles. The number of nitrogens with one attached hydrogen (secondary N) is 2. The monoisotopic (exact) mass is 516 g/mol. The van der Waals surface area contributed by atoms with E-state index in [0.717, 1.165) is 69.3 Å². The Hall–Kier alpha value is -1.62. The molecule has 9 heteroatoms. The van der Waals surface area contributed by atoms with Gasteiger partial charge in [-0.2, -0.15) is 0 Å². The lowest BCUT2D eigenvalue weighted by Crippen LogP contribution is -2.45. The molecule has 2 saturated heterocycles. The Labute approximate surface area is 190 Å². The minimum Gasteiger partial charge on any atom is -0.373 e. The number of aromatic nitrogens is 1. The number of carbonyl (C=O) groups is 1. The molecule has 2 aliphatic rings. The van der Waals surface area contributed by atoms with E-state index < -0.39 is 0 Å². The zero-order chi connectivity index (χ0) is 20.0. The number of primary amides is 1. The summed E-state index contributed by atoms with van der Waals surface area (Å²) in [6.45, 7) is 5.90. The van der Waals surface area contributed by atoms with Crippen molar-refractivity contribution in [3.8, 4) is 0 Å². The molecule has 1 aromatic heterocycles. The Morgan fingerprint density at radius 2 is 2.17 bits per heavy atom. The highest BCUT2D eigenvalue weighted by Gasteiger charge is 2.30. The Kier molecular flexibility index (Phi) is 8.94. The third-order valence-electron chi connectivity index (χ3n) is 5.66. The highest BCUT2D eigenvalue weighted by Crippen LogP contribution is 2.25. The number of nitrogens with two attached hydrogens (primary N) is 1. The number of carbonyl (C=O) groups excluding carboxylic acids is 1. The van der Waals surface area contributed by atoms with Crippen LogP contribution in [0.5, 0.6) is 0 Å². The number of ether oxygens (including phenoxy) is 1. The second-order valence-electron chi connectivity index (χ2n) is 7.83. The van der Waals surface area contributed by atoms with Gasteiger partial charge >= 0.3 is 0 Å². The van der Waals surface area contributed by atoms with Crippen LogP contribution in [-0.4, -0.2) is 55.7 Å². The van der Waals surface area contributed by atoms with Crippen molar-refractivity contribution < 1.29 is 9.53 Å². The number of amides is 1. The van der Waals surface area contributed by atoms with E-state index in [4.69, 9.17) is 10.5 Å². The maximum absolute atomic E-state index is 11.4. The molecule has 0 bridgehead atoms. The first-order valence-electron chi connectivity index (χ1n) is 10.1. The zero-order valence-electron chi connectivity index (χ0n) is 17.3. The molecule has 0 spiro atoms. The summed E-state index contributed by atoms with van der Waals surface area (Å²) in [6, 6.07) is 4.02. The first-order chi connectivity index (χ1) is 13.5. The second kappa shape index (κ2) is 11.0. The van der Waals surface area contributed by atoms with E-state index >= 15 is 0 Å². The predicted octanol–water partition coefficient (Wildman–Crippen LogP) is 1.64. The topological polar surface area (TPSA) is 105 Å². The van der Waals surface area contributed by atoms with Crippen LogP contribution in [-0.2, 0) is 16.1 Å². The number of guanidine groups is 1. The Balaban J connectivity index is 0.00000300. The van der Waals surface area contributed by atoms with Gasteiger partial charge in [0.1, 0.15) is 5.82 Å². The molecule has 1 unspecified atom stereocenters. The van der Waals surface area contributed by atoms with E-state index in [1.807, 2.05) is 12.3 Å². The molecule has 2 aliphatic heterocycles. The fraction of sp³-hybridized carbons (Fsp3) is 0.650. The summed E-state index contributed by atoms with van der Waals surface area (Å²) in [5.74, 6) is 1.49. The molecular formula is C20H33IN6O2. The van der Waals surface area contributed by atoms with Crippen LogP contribution in [0.2, 0.25) is 0 Å². The minimum atomic E-state index is -0.197. The van der Waals surface area contributed by atoms with Crippen molar-refractivity contribution in [3.05, 3.63) is 23.9 Å². The fourth-order valence-corrected chi connectivity index (χ4v) is 3.88. The Morgan fingerprint density at radius 1 is 1.41 bits per heavy atom. The number of aliphatic imine (C=N–C) groups is 1. The normalized spacial score (nSPS) is 22.8. The van der Waals surface area contributed by atoms with Gasteiger partial charge in [0.05, 0.1) is 5.60 Å². The molecule has 162 valence electrons. The summed E-state index contributed by atoms with van der Waals surface area (Å²) in [5.41, 5.74) is 6.43. The minimum absolute atomic E-state index is 0. The van der Waals surface area contributed by atoms with Gasteiger partial charge in [-0.3, -0.25) is 9.79 Å². The van der Waals surface area contributed by atoms with E-state index in [1.54, 1.807) is 7.05 Å². The lowest BCUT2D eigenvalue weighted by atomic mass is 9.96. The van der Waals surface area contributed by atoms with Gasteiger partial charge in [0, 0.05) is 57.5 Å². The number of piperidine rings is 1. The average molecular weight is 516 g/mol. The van der Waals surface area contributed by atoms with Crippen LogP contribution in [0.25, 0.3) is 0 Å². The third kappa shape index (κ3) is 6.43. The lowest BCUT2D eigenvalue weighted by molar-refractivity contribution is -0.122. The van der Waals surface area contributed by atoms with Gasteiger partial charge in [-0.25, -0.2) is 4.98 Å². The van der Waals surface area contributed by atoms with Crippen molar-refractivity contribution in [1.82, 2.24) is 15.6 Å². The van der Waals surface area contributed by atoms with Crippen LogP contribution < -0.4 is 21.3 Å². The molecule has 4 N–H and O–H groups in total. The summed E-state index contributed by atoms with van der Waals surface area (Å²) in [5, 5.41) is 6.74. The Morgan fingerprint density at radius 3 is 2.79 bits per heavy atom. The highest BCUT2D eigenvalue weighted by molar-refractivity contribution is 14.0. The van der Waals surface area contributed by atoms with Gasteiger partial charge in [-0.15, -0.1) is 24.0 Å². The van der Waals surface area contributed by atoms with Crippen molar-refractivity contribution in [2.45, 2.75) is 44.8 Å². The van der Waals surface area contributed by atoms with Gasteiger partial charge in [-0.05, 0) is 38.7 Å². The smallest absolute Gasteiger partial charge is 0.220 e. The SMILES string of the molecule is CN=C(NCc1cccnc1N1CCC(C(N)=O)CC1)NCC1(C)CCCO1.I. The molecule has 29 heavy (non-hydrogen) atoms. The number of pyridine rings is 1. The third-order valence-corrected chi connectivity index (χ3v) is 5.66. The maximum Gasteiger partial charge on any atom is 0.220 e. The van der Waals surface area contributed by atoms with Crippen LogP contribution in [0.1, 0.15) is 38.2 Å². The quantitative estimate of drug-likeness (QED) is 0.302. The summed E-state index contributed by atoms with van der Waals surface area (Å²) in [6.07, 6.45) is 5.53. The molecule has 2 fully saturated rings. The zero-order valence-corrected chi connectivity index (χ0v) is 19.6. The molecule has 8 nitrogen and oxygen atoms in total. The summed E-state index contributed by atoms with van der Waals surface area (Å²) >= 11 is 0. The molecule has 1 amide bonds. The van der Waals surface area contributed by atoms with E-state index in [1.165, 1.54) is 0 Å². The number of rotatable bonds is 6. The van der Waals surface area contributed by atoms with Crippen molar-refractivity contribution in [2.24, 2.45) is 16.6 Å². The van der Waals surface area contributed by atoms with Crippen LogP contribution >= 0.6 is 24.0 Å². The van der Waals surface area contributed by atoms with Crippen LogP contribution in [0.4, 0.5) is 5.82 Å². The molecule has 1 atom stereocenters. The largest absolute Gasteiger partial charge is 0.373 e.